The third-order valence-electron chi connectivity index (χ3n) is 2.08. The van der Waals surface area contributed by atoms with Crippen molar-refractivity contribution in [3.05, 3.63) is 35.9 Å². The predicted octanol–water partition coefficient (Wildman–Crippen LogP) is 2.38. The van der Waals surface area contributed by atoms with Crippen LogP contribution in [-0.2, 0) is 16.2 Å². The normalized spacial score (nSPS) is 10.0. The van der Waals surface area contributed by atoms with E-state index in [9.17, 15) is 4.79 Å². The summed E-state index contributed by atoms with van der Waals surface area (Å²) < 4.78 is 0. The SMILES string of the molecule is CCCC(=O)N(C)OCc1ccccc1. The van der Waals surface area contributed by atoms with Crippen LogP contribution in [0.2, 0.25) is 0 Å². The van der Waals surface area contributed by atoms with E-state index in [4.69, 9.17) is 4.84 Å². The quantitative estimate of drug-likeness (QED) is 0.694. The zero-order valence-electron chi connectivity index (χ0n) is 9.27. The summed E-state index contributed by atoms with van der Waals surface area (Å²) in [4.78, 5) is 16.7. The van der Waals surface area contributed by atoms with Gasteiger partial charge >= 0.3 is 0 Å². The third-order valence-corrected chi connectivity index (χ3v) is 2.08. The maximum Gasteiger partial charge on any atom is 0.245 e. The summed E-state index contributed by atoms with van der Waals surface area (Å²) in [6.07, 6.45) is 1.38. The van der Waals surface area contributed by atoms with Crippen LogP contribution in [0.15, 0.2) is 30.3 Å². The standard InChI is InChI=1S/C12H17NO2/c1-3-7-12(14)13(2)15-10-11-8-5-4-6-9-11/h4-6,8-9H,3,7,10H2,1-2H3. The van der Waals surface area contributed by atoms with Gasteiger partial charge in [-0.3, -0.25) is 9.63 Å². The average molecular weight is 207 g/mol. The van der Waals surface area contributed by atoms with Crippen molar-refractivity contribution in [2.45, 2.75) is 26.4 Å². The molecule has 1 amide bonds. The van der Waals surface area contributed by atoms with Gasteiger partial charge in [0.25, 0.3) is 0 Å². The van der Waals surface area contributed by atoms with Gasteiger partial charge in [0.15, 0.2) is 0 Å². The molecule has 0 aliphatic carbocycles. The molecule has 1 aromatic carbocycles. The smallest absolute Gasteiger partial charge is 0.245 e. The van der Waals surface area contributed by atoms with Crippen LogP contribution >= 0.6 is 0 Å². The Kier molecular flexibility index (Phi) is 4.84. The molecule has 1 aromatic rings. The number of hydrogen-bond acceptors (Lipinski definition) is 2. The molecule has 0 fully saturated rings. The highest BCUT2D eigenvalue weighted by Gasteiger charge is 2.07. The van der Waals surface area contributed by atoms with E-state index in [0.29, 0.717) is 13.0 Å². The van der Waals surface area contributed by atoms with E-state index in [-0.39, 0.29) is 5.91 Å². The van der Waals surface area contributed by atoms with E-state index in [1.807, 2.05) is 37.3 Å². The van der Waals surface area contributed by atoms with Crippen LogP contribution in [0.3, 0.4) is 0 Å². The maximum atomic E-state index is 11.4. The Bertz CT molecular complexity index is 298. The summed E-state index contributed by atoms with van der Waals surface area (Å²) in [7, 11) is 1.65. The number of carbonyl (C=O) groups is 1. The molecule has 0 unspecified atom stereocenters. The second-order valence-electron chi connectivity index (χ2n) is 3.40. The van der Waals surface area contributed by atoms with Crippen molar-refractivity contribution in [3.8, 4) is 0 Å². The van der Waals surface area contributed by atoms with Gasteiger partial charge in [-0.1, -0.05) is 37.3 Å². The molecule has 0 bridgehead atoms. The predicted molar refractivity (Wildman–Crippen MR) is 58.9 cm³/mol. The van der Waals surface area contributed by atoms with E-state index < -0.39 is 0 Å². The van der Waals surface area contributed by atoms with Crippen molar-refractivity contribution in [1.29, 1.82) is 0 Å². The van der Waals surface area contributed by atoms with Crippen LogP contribution < -0.4 is 0 Å². The first-order valence-electron chi connectivity index (χ1n) is 5.17. The number of benzene rings is 1. The first-order chi connectivity index (χ1) is 7.24. The van der Waals surface area contributed by atoms with Gasteiger partial charge in [-0.2, -0.15) is 0 Å². The lowest BCUT2D eigenvalue weighted by Gasteiger charge is -2.16. The Balaban J connectivity index is 2.34. The van der Waals surface area contributed by atoms with Gasteiger partial charge in [0.05, 0.1) is 0 Å². The maximum absolute atomic E-state index is 11.4. The Labute approximate surface area is 90.6 Å². The molecule has 0 spiro atoms. The van der Waals surface area contributed by atoms with E-state index in [1.54, 1.807) is 7.05 Å². The van der Waals surface area contributed by atoms with Gasteiger partial charge in [0, 0.05) is 13.5 Å². The number of hydrogen-bond donors (Lipinski definition) is 0. The fourth-order valence-electron chi connectivity index (χ4n) is 1.19. The second-order valence-corrected chi connectivity index (χ2v) is 3.40. The van der Waals surface area contributed by atoms with Crippen LogP contribution in [0.25, 0.3) is 0 Å². The largest absolute Gasteiger partial charge is 0.273 e. The first-order valence-corrected chi connectivity index (χ1v) is 5.17. The topological polar surface area (TPSA) is 29.5 Å². The van der Waals surface area contributed by atoms with Crippen molar-refractivity contribution in [2.75, 3.05) is 7.05 Å². The number of amides is 1. The molecule has 0 aromatic heterocycles. The third kappa shape index (κ3) is 4.13. The summed E-state index contributed by atoms with van der Waals surface area (Å²) in [6.45, 7) is 2.41. The molecule has 0 N–H and O–H groups in total. The molecule has 0 aliphatic rings. The number of carbonyl (C=O) groups excluding carboxylic acids is 1. The fourth-order valence-corrected chi connectivity index (χ4v) is 1.19. The summed E-state index contributed by atoms with van der Waals surface area (Å²) >= 11 is 0. The number of hydroxylamine groups is 2. The highest BCUT2D eigenvalue weighted by atomic mass is 16.7. The summed E-state index contributed by atoms with van der Waals surface area (Å²) in [5.41, 5.74) is 1.06. The Morgan fingerprint density at radius 3 is 2.60 bits per heavy atom. The molecule has 0 saturated heterocycles. The number of nitrogens with zero attached hydrogens (tertiary/aromatic N) is 1. The van der Waals surface area contributed by atoms with E-state index >= 15 is 0 Å². The molecular formula is C12H17NO2. The summed E-state index contributed by atoms with van der Waals surface area (Å²) in [6, 6.07) is 9.80. The lowest BCUT2D eigenvalue weighted by Crippen LogP contribution is -2.26. The van der Waals surface area contributed by atoms with Gasteiger partial charge in [-0.05, 0) is 12.0 Å². The Morgan fingerprint density at radius 2 is 2.00 bits per heavy atom. The van der Waals surface area contributed by atoms with Gasteiger partial charge in [-0.25, -0.2) is 5.06 Å². The van der Waals surface area contributed by atoms with Crippen molar-refractivity contribution in [2.24, 2.45) is 0 Å². The monoisotopic (exact) mass is 207 g/mol. The zero-order chi connectivity index (χ0) is 11.1. The molecule has 0 aliphatic heterocycles. The molecule has 0 heterocycles. The molecule has 82 valence electrons. The Hall–Kier alpha value is -1.35. The minimum absolute atomic E-state index is 0.0217. The molecule has 15 heavy (non-hydrogen) atoms. The minimum atomic E-state index is 0.0217. The van der Waals surface area contributed by atoms with Crippen LogP contribution in [0.5, 0.6) is 0 Å². The van der Waals surface area contributed by atoms with Gasteiger partial charge in [-0.15, -0.1) is 0 Å². The van der Waals surface area contributed by atoms with Crippen LogP contribution in [0, 0.1) is 0 Å². The molecule has 0 radical (unpaired) electrons. The summed E-state index contributed by atoms with van der Waals surface area (Å²) in [5, 5.41) is 1.32. The highest BCUT2D eigenvalue weighted by Crippen LogP contribution is 2.03. The van der Waals surface area contributed by atoms with Crippen LogP contribution in [0.1, 0.15) is 25.3 Å². The van der Waals surface area contributed by atoms with Crippen molar-refractivity contribution in [3.63, 3.8) is 0 Å². The molecular weight excluding hydrogens is 190 g/mol. The van der Waals surface area contributed by atoms with Crippen LogP contribution in [-0.4, -0.2) is 18.0 Å². The van der Waals surface area contributed by atoms with Gasteiger partial charge in [0.1, 0.15) is 6.61 Å². The zero-order valence-corrected chi connectivity index (χ0v) is 9.27. The Morgan fingerprint density at radius 1 is 1.33 bits per heavy atom. The highest BCUT2D eigenvalue weighted by molar-refractivity contribution is 5.74. The van der Waals surface area contributed by atoms with Gasteiger partial charge in [0.2, 0.25) is 5.91 Å². The molecule has 3 heteroatoms. The molecule has 0 saturated carbocycles. The summed E-state index contributed by atoms with van der Waals surface area (Å²) in [5.74, 6) is 0.0217. The van der Waals surface area contributed by atoms with E-state index in [2.05, 4.69) is 0 Å². The second kappa shape index (κ2) is 6.19. The van der Waals surface area contributed by atoms with E-state index in [0.717, 1.165) is 12.0 Å². The average Bonchev–Trinajstić information content (AvgIpc) is 2.27. The van der Waals surface area contributed by atoms with Crippen molar-refractivity contribution >= 4 is 5.91 Å². The number of rotatable bonds is 5. The van der Waals surface area contributed by atoms with Crippen molar-refractivity contribution < 1.29 is 9.63 Å². The van der Waals surface area contributed by atoms with Crippen molar-refractivity contribution in [1.82, 2.24) is 5.06 Å². The van der Waals surface area contributed by atoms with Gasteiger partial charge < -0.3 is 0 Å². The lowest BCUT2D eigenvalue weighted by atomic mass is 10.2. The molecule has 0 atom stereocenters. The molecule has 1 rings (SSSR count). The minimum Gasteiger partial charge on any atom is -0.273 e. The fraction of sp³-hybridized carbons (Fsp3) is 0.417. The van der Waals surface area contributed by atoms with Crippen LogP contribution in [0.4, 0.5) is 0 Å². The molecule has 3 nitrogen and oxygen atoms in total. The lowest BCUT2D eigenvalue weighted by molar-refractivity contribution is -0.182. The first kappa shape index (κ1) is 11.7. The van der Waals surface area contributed by atoms with E-state index in [1.165, 1.54) is 5.06 Å².